The molecule has 2 N–H and O–H groups in total. The van der Waals surface area contributed by atoms with Gasteiger partial charge in [-0.2, -0.15) is 5.10 Å². The van der Waals surface area contributed by atoms with Crippen LogP contribution in [0.1, 0.15) is 27.3 Å². The molecule has 0 aliphatic carbocycles. The molecule has 2 heterocycles. The first-order valence-corrected chi connectivity index (χ1v) is 5.37. The van der Waals surface area contributed by atoms with Crippen LogP contribution in [0.3, 0.4) is 0 Å². The van der Waals surface area contributed by atoms with Crippen molar-refractivity contribution in [3.63, 3.8) is 0 Å². The molecule has 0 aromatic carbocycles. The van der Waals surface area contributed by atoms with E-state index in [-0.39, 0.29) is 5.91 Å². The van der Waals surface area contributed by atoms with Crippen LogP contribution in [0.4, 0.5) is 0 Å². The Hall–Kier alpha value is -2.17. The van der Waals surface area contributed by atoms with Crippen molar-refractivity contribution in [3.05, 3.63) is 47.0 Å². The van der Waals surface area contributed by atoms with E-state index in [4.69, 9.17) is 0 Å². The van der Waals surface area contributed by atoms with Crippen LogP contribution in [0.2, 0.25) is 0 Å². The number of pyridine rings is 1. The lowest BCUT2D eigenvalue weighted by Crippen LogP contribution is -2.23. The normalized spacial score (nSPS) is 10.2. The smallest absolute Gasteiger partial charge is 0.255 e. The third-order valence-corrected chi connectivity index (χ3v) is 2.56. The predicted molar refractivity (Wildman–Crippen MR) is 63.5 cm³/mol. The second-order valence-electron chi connectivity index (χ2n) is 3.85. The summed E-state index contributed by atoms with van der Waals surface area (Å²) in [6, 6.07) is 3.74. The van der Waals surface area contributed by atoms with Crippen LogP contribution in [0.15, 0.2) is 24.5 Å². The summed E-state index contributed by atoms with van der Waals surface area (Å²) in [7, 11) is 0. The van der Waals surface area contributed by atoms with E-state index >= 15 is 0 Å². The van der Waals surface area contributed by atoms with Gasteiger partial charge in [0.05, 0.1) is 11.3 Å². The Kier molecular flexibility index (Phi) is 3.18. The van der Waals surface area contributed by atoms with E-state index in [0.717, 1.165) is 17.0 Å². The third-order valence-electron chi connectivity index (χ3n) is 2.56. The highest BCUT2D eigenvalue weighted by Gasteiger charge is 2.14. The van der Waals surface area contributed by atoms with Gasteiger partial charge in [0.2, 0.25) is 0 Å². The summed E-state index contributed by atoms with van der Waals surface area (Å²) in [6.07, 6.45) is 3.41. The van der Waals surface area contributed by atoms with Crippen molar-refractivity contribution in [1.82, 2.24) is 20.5 Å². The zero-order chi connectivity index (χ0) is 12.3. The second kappa shape index (κ2) is 4.78. The van der Waals surface area contributed by atoms with Gasteiger partial charge in [-0.3, -0.25) is 14.9 Å². The molecule has 0 atom stereocenters. The zero-order valence-electron chi connectivity index (χ0n) is 9.82. The SMILES string of the molecule is Cc1n[nH]c(C)c1C(=O)NCc1ccncc1. The standard InChI is InChI=1S/C12H14N4O/c1-8-11(9(2)16-15-8)12(17)14-7-10-3-5-13-6-4-10/h3-6H,7H2,1-2H3,(H,14,17)(H,15,16). The average molecular weight is 230 g/mol. The highest BCUT2D eigenvalue weighted by Crippen LogP contribution is 2.09. The van der Waals surface area contributed by atoms with E-state index < -0.39 is 0 Å². The fourth-order valence-electron chi connectivity index (χ4n) is 1.66. The molecule has 0 aliphatic rings. The maximum Gasteiger partial charge on any atom is 0.255 e. The fourth-order valence-corrected chi connectivity index (χ4v) is 1.66. The zero-order valence-corrected chi connectivity index (χ0v) is 9.82. The van der Waals surface area contributed by atoms with Crippen LogP contribution in [-0.2, 0) is 6.54 Å². The number of H-pyrrole nitrogens is 1. The molecule has 0 aliphatic heterocycles. The first kappa shape index (κ1) is 11.3. The van der Waals surface area contributed by atoms with Gasteiger partial charge in [0.15, 0.2) is 0 Å². The van der Waals surface area contributed by atoms with Gasteiger partial charge in [-0.15, -0.1) is 0 Å². The Morgan fingerprint density at radius 3 is 2.65 bits per heavy atom. The van der Waals surface area contributed by atoms with Crippen molar-refractivity contribution in [1.29, 1.82) is 0 Å². The number of carbonyl (C=O) groups excluding carboxylic acids is 1. The fraction of sp³-hybridized carbons (Fsp3) is 0.250. The third kappa shape index (κ3) is 2.50. The van der Waals surface area contributed by atoms with E-state index in [9.17, 15) is 4.79 Å². The van der Waals surface area contributed by atoms with Gasteiger partial charge in [0, 0.05) is 24.6 Å². The Balaban J connectivity index is 2.04. The molecule has 0 radical (unpaired) electrons. The van der Waals surface area contributed by atoms with Gasteiger partial charge < -0.3 is 5.32 Å². The van der Waals surface area contributed by atoms with Crippen LogP contribution >= 0.6 is 0 Å². The summed E-state index contributed by atoms with van der Waals surface area (Å²) >= 11 is 0. The second-order valence-corrected chi connectivity index (χ2v) is 3.85. The van der Waals surface area contributed by atoms with Crippen LogP contribution in [0.5, 0.6) is 0 Å². The number of rotatable bonds is 3. The Morgan fingerprint density at radius 2 is 2.06 bits per heavy atom. The Bertz CT molecular complexity index is 499. The van der Waals surface area contributed by atoms with Crippen molar-refractivity contribution in [2.45, 2.75) is 20.4 Å². The van der Waals surface area contributed by atoms with Gasteiger partial charge >= 0.3 is 0 Å². The van der Waals surface area contributed by atoms with E-state index in [2.05, 4.69) is 20.5 Å². The number of hydrogen-bond acceptors (Lipinski definition) is 3. The highest BCUT2D eigenvalue weighted by atomic mass is 16.1. The summed E-state index contributed by atoms with van der Waals surface area (Å²) in [5, 5.41) is 9.65. The number of nitrogens with zero attached hydrogens (tertiary/aromatic N) is 2. The van der Waals surface area contributed by atoms with Gasteiger partial charge in [-0.05, 0) is 31.5 Å². The Morgan fingerprint density at radius 1 is 1.35 bits per heavy atom. The summed E-state index contributed by atoms with van der Waals surface area (Å²) < 4.78 is 0. The molecule has 0 saturated heterocycles. The minimum absolute atomic E-state index is 0.106. The molecule has 0 saturated carbocycles. The molecule has 88 valence electrons. The monoisotopic (exact) mass is 230 g/mol. The van der Waals surface area contributed by atoms with Crippen LogP contribution in [0, 0.1) is 13.8 Å². The van der Waals surface area contributed by atoms with Gasteiger partial charge in [0.1, 0.15) is 0 Å². The number of aromatic amines is 1. The van der Waals surface area contributed by atoms with Crippen molar-refractivity contribution >= 4 is 5.91 Å². The molecule has 2 rings (SSSR count). The lowest BCUT2D eigenvalue weighted by atomic mass is 10.2. The summed E-state index contributed by atoms with van der Waals surface area (Å²) in [4.78, 5) is 15.9. The number of amides is 1. The molecule has 2 aromatic heterocycles. The van der Waals surface area contributed by atoms with Crippen molar-refractivity contribution < 1.29 is 4.79 Å². The lowest BCUT2D eigenvalue weighted by molar-refractivity contribution is 0.0950. The molecule has 1 amide bonds. The molecule has 5 heteroatoms. The number of hydrogen-bond donors (Lipinski definition) is 2. The topological polar surface area (TPSA) is 70.7 Å². The highest BCUT2D eigenvalue weighted by molar-refractivity contribution is 5.96. The number of aryl methyl sites for hydroxylation is 2. The first-order valence-electron chi connectivity index (χ1n) is 5.37. The Labute approximate surface area is 99.3 Å². The first-order chi connectivity index (χ1) is 8.18. The molecule has 17 heavy (non-hydrogen) atoms. The van der Waals surface area contributed by atoms with Crippen molar-refractivity contribution in [3.8, 4) is 0 Å². The summed E-state index contributed by atoms with van der Waals surface area (Å²) in [5.74, 6) is -0.106. The van der Waals surface area contributed by atoms with Crippen molar-refractivity contribution in [2.24, 2.45) is 0 Å². The van der Waals surface area contributed by atoms with E-state index in [0.29, 0.717) is 12.1 Å². The van der Waals surface area contributed by atoms with Gasteiger partial charge in [0.25, 0.3) is 5.91 Å². The summed E-state index contributed by atoms with van der Waals surface area (Å²) in [6.45, 7) is 4.14. The lowest BCUT2D eigenvalue weighted by Gasteiger charge is -2.05. The van der Waals surface area contributed by atoms with E-state index in [1.54, 1.807) is 12.4 Å². The summed E-state index contributed by atoms with van der Waals surface area (Å²) in [5.41, 5.74) is 3.15. The largest absolute Gasteiger partial charge is 0.348 e. The number of aromatic nitrogens is 3. The minimum atomic E-state index is -0.106. The quantitative estimate of drug-likeness (QED) is 0.836. The van der Waals surface area contributed by atoms with Crippen LogP contribution in [-0.4, -0.2) is 21.1 Å². The number of nitrogens with one attached hydrogen (secondary N) is 2. The van der Waals surface area contributed by atoms with Crippen LogP contribution in [0.25, 0.3) is 0 Å². The predicted octanol–water partition coefficient (Wildman–Crippen LogP) is 1.35. The molecular weight excluding hydrogens is 216 g/mol. The van der Waals surface area contributed by atoms with Crippen molar-refractivity contribution in [2.75, 3.05) is 0 Å². The molecule has 0 spiro atoms. The molecule has 2 aromatic rings. The maximum absolute atomic E-state index is 11.9. The van der Waals surface area contributed by atoms with Crippen LogP contribution < -0.4 is 5.32 Å². The minimum Gasteiger partial charge on any atom is -0.348 e. The van der Waals surface area contributed by atoms with E-state index in [1.165, 1.54) is 0 Å². The number of carbonyl (C=O) groups is 1. The van der Waals surface area contributed by atoms with E-state index in [1.807, 2.05) is 26.0 Å². The molecular formula is C12H14N4O. The van der Waals surface area contributed by atoms with Gasteiger partial charge in [-0.25, -0.2) is 0 Å². The molecule has 5 nitrogen and oxygen atoms in total. The molecule has 0 unspecified atom stereocenters. The molecule has 0 fully saturated rings. The van der Waals surface area contributed by atoms with Gasteiger partial charge in [-0.1, -0.05) is 0 Å². The maximum atomic E-state index is 11.9. The molecule has 0 bridgehead atoms. The average Bonchev–Trinajstić information content (AvgIpc) is 2.67.